The highest BCUT2D eigenvalue weighted by atomic mass is 32.1. The van der Waals surface area contributed by atoms with E-state index in [2.05, 4.69) is 20.6 Å². The molecule has 1 aliphatic carbocycles. The van der Waals surface area contributed by atoms with Crippen LogP contribution in [0.5, 0.6) is 5.75 Å². The summed E-state index contributed by atoms with van der Waals surface area (Å²) in [5.74, 6) is 2.29. The van der Waals surface area contributed by atoms with Crippen LogP contribution in [0.4, 0.5) is 0 Å². The van der Waals surface area contributed by atoms with Crippen LogP contribution in [-0.4, -0.2) is 32.8 Å². The Labute approximate surface area is 149 Å². The number of carbonyl (C=O) groups is 1. The molecule has 7 nitrogen and oxygen atoms in total. The molecule has 0 saturated heterocycles. The standard InChI is InChI=1S/C17H19N5O2S/c1-24-13-7-2-11(3-8-13)4-9-14(23)18-10-15-21-22-16(12-5-6-12)19-20-17(22)25-15/h2-3,7-8,12H,4-6,9-10H2,1H3,(H,18,23). The molecule has 0 unspecified atom stereocenters. The summed E-state index contributed by atoms with van der Waals surface area (Å²) in [6.45, 7) is 0.430. The molecule has 2 aromatic heterocycles. The molecule has 8 heteroatoms. The van der Waals surface area contributed by atoms with Crippen LogP contribution in [0, 0.1) is 0 Å². The van der Waals surface area contributed by atoms with Gasteiger partial charge < -0.3 is 10.1 Å². The summed E-state index contributed by atoms with van der Waals surface area (Å²) < 4.78 is 6.95. The number of carbonyl (C=O) groups excluding carboxylic acids is 1. The van der Waals surface area contributed by atoms with Gasteiger partial charge in [0.15, 0.2) is 5.82 Å². The number of amides is 1. The Bertz CT molecular complexity index is 882. The van der Waals surface area contributed by atoms with E-state index < -0.39 is 0 Å². The summed E-state index contributed by atoms with van der Waals surface area (Å²) in [4.78, 5) is 12.9. The minimum absolute atomic E-state index is 0.0178. The molecule has 4 rings (SSSR count). The van der Waals surface area contributed by atoms with Crippen LogP contribution in [0.3, 0.4) is 0 Å². The zero-order valence-electron chi connectivity index (χ0n) is 13.9. The lowest BCUT2D eigenvalue weighted by Gasteiger charge is -2.04. The Morgan fingerprint density at radius 2 is 2.12 bits per heavy atom. The van der Waals surface area contributed by atoms with Crippen molar-refractivity contribution < 1.29 is 9.53 Å². The van der Waals surface area contributed by atoms with Crippen LogP contribution >= 0.6 is 11.3 Å². The fraction of sp³-hybridized carbons (Fsp3) is 0.412. The molecular formula is C17H19N5O2S. The molecule has 0 spiro atoms. The van der Waals surface area contributed by atoms with Crippen LogP contribution in [-0.2, 0) is 17.8 Å². The van der Waals surface area contributed by atoms with Gasteiger partial charge in [0.1, 0.15) is 10.8 Å². The Kier molecular flexibility index (Phi) is 4.35. The van der Waals surface area contributed by atoms with Crippen molar-refractivity contribution in [2.45, 2.75) is 38.1 Å². The minimum atomic E-state index is 0.0178. The predicted octanol–water partition coefficient (Wildman–Crippen LogP) is 2.32. The van der Waals surface area contributed by atoms with Gasteiger partial charge in [0.2, 0.25) is 10.9 Å². The number of hydrogen-bond acceptors (Lipinski definition) is 6. The van der Waals surface area contributed by atoms with Gasteiger partial charge in [0, 0.05) is 12.3 Å². The van der Waals surface area contributed by atoms with Crippen LogP contribution in [0.25, 0.3) is 4.96 Å². The lowest BCUT2D eigenvalue weighted by Crippen LogP contribution is -2.23. The maximum atomic E-state index is 12.1. The summed E-state index contributed by atoms with van der Waals surface area (Å²) in [5.41, 5.74) is 1.11. The van der Waals surface area contributed by atoms with E-state index in [1.165, 1.54) is 11.3 Å². The molecule has 1 fully saturated rings. The Hall–Kier alpha value is -2.48. The van der Waals surface area contributed by atoms with Gasteiger partial charge in [-0.2, -0.15) is 9.61 Å². The zero-order valence-corrected chi connectivity index (χ0v) is 14.8. The molecule has 0 radical (unpaired) electrons. The Morgan fingerprint density at radius 3 is 2.84 bits per heavy atom. The van der Waals surface area contributed by atoms with Crippen molar-refractivity contribution in [3.05, 3.63) is 40.7 Å². The topological polar surface area (TPSA) is 81.4 Å². The second-order valence-electron chi connectivity index (χ2n) is 6.15. The number of ether oxygens (including phenoxy) is 1. The second kappa shape index (κ2) is 6.79. The van der Waals surface area contributed by atoms with Crippen molar-refractivity contribution >= 4 is 22.2 Å². The van der Waals surface area contributed by atoms with E-state index in [4.69, 9.17) is 4.74 Å². The molecule has 1 saturated carbocycles. The van der Waals surface area contributed by atoms with E-state index in [9.17, 15) is 4.79 Å². The molecule has 0 atom stereocenters. The number of nitrogens with one attached hydrogen (secondary N) is 1. The summed E-state index contributed by atoms with van der Waals surface area (Å²) in [7, 11) is 1.64. The average Bonchev–Trinajstić information content (AvgIpc) is 3.28. The van der Waals surface area contributed by atoms with Crippen molar-refractivity contribution in [1.29, 1.82) is 0 Å². The van der Waals surface area contributed by atoms with E-state index in [0.717, 1.165) is 39.9 Å². The number of fused-ring (bicyclic) bond motifs is 1. The Morgan fingerprint density at radius 1 is 1.32 bits per heavy atom. The molecule has 130 valence electrons. The number of aryl methyl sites for hydroxylation is 1. The number of aromatic nitrogens is 4. The van der Waals surface area contributed by atoms with Crippen LogP contribution < -0.4 is 10.1 Å². The fourth-order valence-electron chi connectivity index (χ4n) is 2.65. The SMILES string of the molecule is COc1ccc(CCC(=O)NCc2nn3c(C4CC4)nnc3s2)cc1. The van der Waals surface area contributed by atoms with Crippen LogP contribution in [0.2, 0.25) is 0 Å². The average molecular weight is 357 g/mol. The number of benzene rings is 1. The van der Waals surface area contributed by atoms with Gasteiger partial charge in [-0.1, -0.05) is 23.5 Å². The van der Waals surface area contributed by atoms with E-state index in [1.54, 1.807) is 7.11 Å². The number of rotatable bonds is 7. The molecule has 2 heterocycles. The third-order valence-electron chi connectivity index (χ3n) is 4.24. The van der Waals surface area contributed by atoms with Crippen molar-refractivity contribution in [3.8, 4) is 5.75 Å². The molecule has 25 heavy (non-hydrogen) atoms. The Balaban J connectivity index is 1.29. The van der Waals surface area contributed by atoms with Crippen LogP contribution in [0.15, 0.2) is 24.3 Å². The molecular weight excluding hydrogens is 338 g/mol. The lowest BCUT2D eigenvalue weighted by molar-refractivity contribution is -0.121. The van der Waals surface area contributed by atoms with Gasteiger partial charge in [-0.15, -0.1) is 10.2 Å². The van der Waals surface area contributed by atoms with Gasteiger partial charge in [-0.05, 0) is 37.0 Å². The van der Waals surface area contributed by atoms with Gasteiger partial charge in [0.05, 0.1) is 13.7 Å². The first kappa shape index (κ1) is 16.0. The number of hydrogen-bond donors (Lipinski definition) is 1. The highest BCUT2D eigenvalue weighted by Gasteiger charge is 2.30. The molecule has 3 aromatic rings. The third-order valence-corrected chi connectivity index (χ3v) is 5.13. The van der Waals surface area contributed by atoms with E-state index in [-0.39, 0.29) is 5.91 Å². The molecule has 1 amide bonds. The lowest BCUT2D eigenvalue weighted by atomic mass is 10.1. The summed E-state index contributed by atoms with van der Waals surface area (Å²) >= 11 is 1.47. The highest BCUT2D eigenvalue weighted by Crippen LogP contribution is 2.39. The number of nitrogens with zero attached hydrogens (tertiary/aromatic N) is 4. The second-order valence-corrected chi connectivity index (χ2v) is 7.19. The van der Waals surface area contributed by atoms with E-state index in [0.29, 0.717) is 25.3 Å². The van der Waals surface area contributed by atoms with E-state index >= 15 is 0 Å². The minimum Gasteiger partial charge on any atom is -0.497 e. The molecule has 1 aliphatic rings. The third kappa shape index (κ3) is 3.63. The van der Waals surface area contributed by atoms with Crippen molar-refractivity contribution in [3.63, 3.8) is 0 Å². The van der Waals surface area contributed by atoms with Gasteiger partial charge >= 0.3 is 0 Å². The monoisotopic (exact) mass is 357 g/mol. The summed E-state index contributed by atoms with van der Waals surface area (Å²) in [6.07, 6.45) is 3.47. The molecule has 0 bridgehead atoms. The van der Waals surface area contributed by atoms with Gasteiger partial charge in [-0.3, -0.25) is 4.79 Å². The predicted molar refractivity (Wildman–Crippen MR) is 93.8 cm³/mol. The smallest absolute Gasteiger partial charge is 0.234 e. The first-order chi connectivity index (χ1) is 12.2. The number of methoxy groups -OCH3 is 1. The normalized spacial score (nSPS) is 14.0. The van der Waals surface area contributed by atoms with Crippen LogP contribution in [0.1, 0.15) is 41.6 Å². The quantitative estimate of drug-likeness (QED) is 0.702. The van der Waals surface area contributed by atoms with Crippen molar-refractivity contribution in [2.75, 3.05) is 7.11 Å². The summed E-state index contributed by atoms with van der Waals surface area (Å²) in [6, 6.07) is 7.77. The maximum Gasteiger partial charge on any atom is 0.234 e. The fourth-order valence-corrected chi connectivity index (χ4v) is 3.43. The van der Waals surface area contributed by atoms with Gasteiger partial charge in [0.25, 0.3) is 0 Å². The molecule has 0 aliphatic heterocycles. The van der Waals surface area contributed by atoms with Crippen molar-refractivity contribution in [1.82, 2.24) is 25.1 Å². The van der Waals surface area contributed by atoms with Crippen molar-refractivity contribution in [2.24, 2.45) is 0 Å². The van der Waals surface area contributed by atoms with E-state index in [1.807, 2.05) is 28.8 Å². The highest BCUT2D eigenvalue weighted by molar-refractivity contribution is 7.16. The maximum absolute atomic E-state index is 12.1. The molecule has 1 N–H and O–H groups in total. The first-order valence-electron chi connectivity index (χ1n) is 8.33. The molecule has 1 aromatic carbocycles. The largest absolute Gasteiger partial charge is 0.497 e. The zero-order chi connectivity index (χ0) is 17.2. The van der Waals surface area contributed by atoms with Gasteiger partial charge in [-0.25, -0.2) is 0 Å². The summed E-state index contributed by atoms with van der Waals surface area (Å²) in [5, 5.41) is 16.7. The first-order valence-corrected chi connectivity index (χ1v) is 9.15.